The van der Waals surface area contributed by atoms with Gasteiger partial charge in [-0.05, 0) is 35.9 Å². The second-order valence-electron chi connectivity index (χ2n) is 5.35. The number of carbonyl (C=O) groups excluding carboxylic acids is 1. The molecule has 0 spiro atoms. The zero-order valence-electron chi connectivity index (χ0n) is 14.0. The first-order valence-corrected chi connectivity index (χ1v) is 9.88. The van der Waals surface area contributed by atoms with Crippen LogP contribution in [0.3, 0.4) is 0 Å². The molecular weight excluding hydrogens is 399 g/mol. The van der Waals surface area contributed by atoms with E-state index in [9.17, 15) is 13.2 Å². The van der Waals surface area contributed by atoms with E-state index >= 15 is 0 Å². The van der Waals surface area contributed by atoms with E-state index < -0.39 is 10.0 Å². The quantitative estimate of drug-likeness (QED) is 0.647. The number of nitrogens with one attached hydrogen (secondary N) is 2. The molecule has 0 aliphatic carbocycles. The zero-order chi connectivity index (χ0) is 19.2. The van der Waals surface area contributed by atoms with Crippen molar-refractivity contribution in [2.24, 2.45) is 0 Å². The molecular formula is C17H18Cl2N2O4S. The van der Waals surface area contributed by atoms with Crippen molar-refractivity contribution in [1.29, 1.82) is 0 Å². The second-order valence-corrected chi connectivity index (χ2v) is 7.93. The van der Waals surface area contributed by atoms with Crippen LogP contribution in [0.1, 0.15) is 15.9 Å². The van der Waals surface area contributed by atoms with Gasteiger partial charge in [0.05, 0.1) is 21.5 Å². The number of ether oxygens (including phenoxy) is 1. The van der Waals surface area contributed by atoms with Gasteiger partial charge in [0.1, 0.15) is 0 Å². The molecule has 140 valence electrons. The highest BCUT2D eigenvalue weighted by atomic mass is 35.5. The van der Waals surface area contributed by atoms with E-state index in [-0.39, 0.29) is 30.5 Å². The molecule has 0 saturated heterocycles. The van der Waals surface area contributed by atoms with E-state index in [2.05, 4.69) is 10.0 Å². The number of amides is 1. The third kappa shape index (κ3) is 5.69. The molecule has 0 saturated carbocycles. The fourth-order valence-corrected chi connectivity index (χ4v) is 3.38. The lowest BCUT2D eigenvalue weighted by atomic mass is 10.2. The molecule has 0 aromatic heterocycles. The van der Waals surface area contributed by atoms with E-state index in [1.807, 2.05) is 0 Å². The maximum absolute atomic E-state index is 12.1. The number of hydrogen-bond acceptors (Lipinski definition) is 4. The van der Waals surface area contributed by atoms with Crippen LogP contribution in [0.15, 0.2) is 47.4 Å². The van der Waals surface area contributed by atoms with E-state index in [0.717, 1.165) is 5.56 Å². The van der Waals surface area contributed by atoms with Crippen molar-refractivity contribution in [3.05, 3.63) is 63.6 Å². The molecule has 1 amide bonds. The minimum atomic E-state index is -3.58. The largest absolute Gasteiger partial charge is 0.383 e. The summed E-state index contributed by atoms with van der Waals surface area (Å²) in [5, 5.41) is 3.41. The fraction of sp³-hybridized carbons (Fsp3) is 0.235. The summed E-state index contributed by atoms with van der Waals surface area (Å²) in [5.74, 6) is -0.304. The van der Waals surface area contributed by atoms with Crippen LogP contribution in [0, 0.1) is 0 Å². The van der Waals surface area contributed by atoms with E-state index in [0.29, 0.717) is 15.6 Å². The Balaban J connectivity index is 1.96. The van der Waals surface area contributed by atoms with Crippen LogP contribution in [0.4, 0.5) is 0 Å². The number of methoxy groups -OCH3 is 1. The molecule has 0 unspecified atom stereocenters. The Hall–Kier alpha value is -1.64. The molecule has 26 heavy (non-hydrogen) atoms. The van der Waals surface area contributed by atoms with Crippen LogP contribution in [-0.2, 0) is 21.3 Å². The molecule has 0 atom stereocenters. The molecule has 2 rings (SSSR count). The Kier molecular flexibility index (Phi) is 7.43. The number of sulfonamides is 1. The highest BCUT2D eigenvalue weighted by molar-refractivity contribution is 7.89. The van der Waals surface area contributed by atoms with Crippen molar-refractivity contribution in [2.75, 3.05) is 20.3 Å². The van der Waals surface area contributed by atoms with Crippen molar-refractivity contribution >= 4 is 39.1 Å². The van der Waals surface area contributed by atoms with Crippen LogP contribution in [-0.4, -0.2) is 34.6 Å². The standard InChI is InChI=1S/C17H18Cl2N2O4S/c1-25-9-8-21-26(23,24)14-5-2-12(3-6-14)11-20-17(22)13-4-7-15(18)16(19)10-13/h2-7,10,21H,8-9,11H2,1H3,(H,20,22). The van der Waals surface area contributed by atoms with Gasteiger partial charge < -0.3 is 10.1 Å². The Morgan fingerprint density at radius 2 is 1.77 bits per heavy atom. The molecule has 0 aliphatic rings. The summed E-state index contributed by atoms with van der Waals surface area (Å²) < 4.78 is 31.4. The number of carbonyl (C=O) groups is 1. The van der Waals surface area contributed by atoms with Gasteiger partial charge in [0, 0.05) is 25.8 Å². The van der Waals surface area contributed by atoms with E-state index in [1.165, 1.54) is 25.3 Å². The second kappa shape index (κ2) is 9.34. The molecule has 6 nitrogen and oxygen atoms in total. The summed E-state index contributed by atoms with van der Waals surface area (Å²) in [6.45, 7) is 0.731. The Morgan fingerprint density at radius 1 is 1.08 bits per heavy atom. The summed E-state index contributed by atoms with van der Waals surface area (Å²) in [5.41, 5.74) is 1.15. The van der Waals surface area contributed by atoms with Crippen molar-refractivity contribution in [2.45, 2.75) is 11.4 Å². The number of halogens is 2. The predicted molar refractivity (Wildman–Crippen MR) is 101 cm³/mol. The van der Waals surface area contributed by atoms with Crippen LogP contribution >= 0.6 is 23.2 Å². The number of benzene rings is 2. The third-order valence-corrected chi connectivity index (χ3v) is 5.68. The Morgan fingerprint density at radius 3 is 2.38 bits per heavy atom. The van der Waals surface area contributed by atoms with Crippen molar-refractivity contribution < 1.29 is 17.9 Å². The molecule has 0 aliphatic heterocycles. The van der Waals surface area contributed by atoms with Crippen molar-refractivity contribution in [3.8, 4) is 0 Å². The van der Waals surface area contributed by atoms with Crippen LogP contribution in [0.25, 0.3) is 0 Å². The monoisotopic (exact) mass is 416 g/mol. The molecule has 2 N–H and O–H groups in total. The average molecular weight is 417 g/mol. The maximum Gasteiger partial charge on any atom is 0.251 e. The number of hydrogen-bond donors (Lipinski definition) is 2. The van der Waals surface area contributed by atoms with E-state index in [4.69, 9.17) is 27.9 Å². The van der Waals surface area contributed by atoms with Crippen LogP contribution in [0.2, 0.25) is 10.0 Å². The number of rotatable bonds is 8. The van der Waals surface area contributed by atoms with Gasteiger partial charge in [-0.3, -0.25) is 4.79 Å². The van der Waals surface area contributed by atoms with Crippen molar-refractivity contribution in [3.63, 3.8) is 0 Å². The zero-order valence-corrected chi connectivity index (χ0v) is 16.3. The Bertz CT molecular complexity index is 871. The lowest BCUT2D eigenvalue weighted by Crippen LogP contribution is -2.27. The molecule has 0 bridgehead atoms. The third-order valence-electron chi connectivity index (χ3n) is 3.47. The SMILES string of the molecule is COCCNS(=O)(=O)c1ccc(CNC(=O)c2ccc(Cl)c(Cl)c2)cc1. The first-order chi connectivity index (χ1) is 12.3. The van der Waals surface area contributed by atoms with Gasteiger partial charge in [-0.15, -0.1) is 0 Å². The van der Waals surface area contributed by atoms with Gasteiger partial charge in [-0.1, -0.05) is 35.3 Å². The van der Waals surface area contributed by atoms with Gasteiger partial charge >= 0.3 is 0 Å². The van der Waals surface area contributed by atoms with E-state index in [1.54, 1.807) is 24.3 Å². The summed E-state index contributed by atoms with van der Waals surface area (Å²) >= 11 is 11.7. The minimum absolute atomic E-state index is 0.146. The van der Waals surface area contributed by atoms with Crippen LogP contribution < -0.4 is 10.0 Å². The van der Waals surface area contributed by atoms with Gasteiger partial charge in [-0.25, -0.2) is 13.1 Å². The highest BCUT2D eigenvalue weighted by Crippen LogP contribution is 2.22. The van der Waals surface area contributed by atoms with Crippen molar-refractivity contribution in [1.82, 2.24) is 10.0 Å². The lowest BCUT2D eigenvalue weighted by Gasteiger charge is -2.09. The molecule has 0 heterocycles. The first-order valence-electron chi connectivity index (χ1n) is 7.64. The molecule has 2 aromatic rings. The molecule has 9 heteroatoms. The van der Waals surface area contributed by atoms with Gasteiger partial charge in [-0.2, -0.15) is 0 Å². The summed E-state index contributed by atoms with van der Waals surface area (Å²) in [4.78, 5) is 12.3. The predicted octanol–water partition coefficient (Wildman–Crippen LogP) is 2.85. The molecule has 0 radical (unpaired) electrons. The van der Waals surface area contributed by atoms with Gasteiger partial charge in [0.15, 0.2) is 0 Å². The normalized spacial score (nSPS) is 11.3. The fourth-order valence-electron chi connectivity index (χ4n) is 2.07. The molecule has 0 fully saturated rings. The smallest absolute Gasteiger partial charge is 0.251 e. The van der Waals surface area contributed by atoms with Gasteiger partial charge in [0.25, 0.3) is 5.91 Å². The Labute approximate surface area is 162 Å². The summed E-state index contributed by atoms with van der Waals surface area (Å²) in [7, 11) is -2.08. The highest BCUT2D eigenvalue weighted by Gasteiger charge is 2.13. The van der Waals surface area contributed by atoms with Gasteiger partial charge in [0.2, 0.25) is 10.0 Å². The maximum atomic E-state index is 12.1. The summed E-state index contributed by atoms with van der Waals surface area (Å²) in [6.07, 6.45) is 0. The average Bonchev–Trinajstić information content (AvgIpc) is 2.62. The topological polar surface area (TPSA) is 84.5 Å². The minimum Gasteiger partial charge on any atom is -0.383 e. The summed E-state index contributed by atoms with van der Waals surface area (Å²) in [6, 6.07) is 10.9. The van der Waals surface area contributed by atoms with Crippen LogP contribution in [0.5, 0.6) is 0 Å². The molecule has 2 aromatic carbocycles. The lowest BCUT2D eigenvalue weighted by molar-refractivity contribution is 0.0951. The first kappa shape index (κ1) is 20.7.